The molecule has 0 aromatic heterocycles. The van der Waals surface area contributed by atoms with Crippen LogP contribution in [0.3, 0.4) is 0 Å². The van der Waals surface area contributed by atoms with Gasteiger partial charge in [0.15, 0.2) is 0 Å². The summed E-state index contributed by atoms with van der Waals surface area (Å²) in [6, 6.07) is 0. The molecule has 0 aromatic rings. The summed E-state index contributed by atoms with van der Waals surface area (Å²) in [6.07, 6.45) is 9.37. The van der Waals surface area contributed by atoms with Crippen LogP contribution in [0.1, 0.15) is 40.5 Å². The maximum Gasteiger partial charge on any atom is 0.0183 e. The molecule has 0 radical (unpaired) electrons. The molecule has 0 atom stereocenters. The van der Waals surface area contributed by atoms with Crippen molar-refractivity contribution in [3.8, 4) is 0 Å². The van der Waals surface area contributed by atoms with Gasteiger partial charge in [0.25, 0.3) is 0 Å². The molecule has 0 N–H and O–H groups in total. The van der Waals surface area contributed by atoms with Crippen molar-refractivity contribution in [1.29, 1.82) is 0 Å². The average molecular weight is 198 g/mol. The number of hydrogen-bond acceptors (Lipinski definition) is 1. The maximum absolute atomic E-state index is 2.36. The molecular weight excluding hydrogens is 176 g/mol. The summed E-state index contributed by atoms with van der Waals surface area (Å²) in [6.45, 7) is 8.50. The molecule has 0 heterocycles. The van der Waals surface area contributed by atoms with Gasteiger partial charge in [-0.3, -0.25) is 0 Å². The molecular formula is C12H22S. The standard InChI is InChI=1S/C10H16S.C2H6/c1-9(2)11-8-10-6-4-3-5-7-10;1-2/h4,6-7,9H,3,5,8H2,1-2H3;1-2H3. The van der Waals surface area contributed by atoms with Crippen LogP contribution in [0.25, 0.3) is 0 Å². The first kappa shape index (κ1) is 12.8. The molecule has 0 amide bonds. The minimum absolute atomic E-state index is 0.756. The zero-order chi connectivity index (χ0) is 10.1. The highest BCUT2D eigenvalue weighted by Crippen LogP contribution is 2.18. The monoisotopic (exact) mass is 198 g/mol. The number of hydrogen-bond donors (Lipinski definition) is 0. The zero-order valence-corrected chi connectivity index (χ0v) is 10.2. The van der Waals surface area contributed by atoms with Crippen LogP contribution < -0.4 is 0 Å². The van der Waals surface area contributed by atoms with Crippen molar-refractivity contribution in [2.75, 3.05) is 5.75 Å². The highest BCUT2D eigenvalue weighted by atomic mass is 32.2. The van der Waals surface area contributed by atoms with Gasteiger partial charge in [-0.1, -0.05) is 45.9 Å². The zero-order valence-electron chi connectivity index (χ0n) is 9.34. The fraction of sp³-hybridized carbons (Fsp3) is 0.667. The summed E-state index contributed by atoms with van der Waals surface area (Å²) in [7, 11) is 0. The van der Waals surface area contributed by atoms with E-state index in [1.165, 1.54) is 24.2 Å². The van der Waals surface area contributed by atoms with E-state index in [9.17, 15) is 0 Å². The molecule has 1 rings (SSSR count). The lowest BCUT2D eigenvalue weighted by molar-refractivity contribution is 1.02. The molecule has 0 unspecified atom stereocenters. The van der Waals surface area contributed by atoms with Gasteiger partial charge in [-0.05, 0) is 23.7 Å². The Morgan fingerprint density at radius 3 is 2.46 bits per heavy atom. The number of allylic oxidation sites excluding steroid dienone is 3. The fourth-order valence-corrected chi connectivity index (χ4v) is 1.78. The lowest BCUT2D eigenvalue weighted by Crippen LogP contribution is -1.93. The van der Waals surface area contributed by atoms with Crippen molar-refractivity contribution in [3.63, 3.8) is 0 Å². The van der Waals surface area contributed by atoms with Gasteiger partial charge >= 0.3 is 0 Å². The molecule has 0 nitrogen and oxygen atoms in total. The van der Waals surface area contributed by atoms with Gasteiger partial charge in [-0.2, -0.15) is 11.8 Å². The van der Waals surface area contributed by atoms with Crippen LogP contribution in [-0.4, -0.2) is 11.0 Å². The Morgan fingerprint density at radius 2 is 2.00 bits per heavy atom. The van der Waals surface area contributed by atoms with Crippen molar-refractivity contribution in [1.82, 2.24) is 0 Å². The largest absolute Gasteiger partial charge is 0.154 e. The summed E-state index contributed by atoms with van der Waals surface area (Å²) in [5.41, 5.74) is 1.51. The minimum atomic E-state index is 0.756. The van der Waals surface area contributed by atoms with Gasteiger partial charge in [0, 0.05) is 5.75 Å². The smallest absolute Gasteiger partial charge is 0.0183 e. The van der Waals surface area contributed by atoms with Crippen molar-refractivity contribution < 1.29 is 0 Å². The summed E-state index contributed by atoms with van der Waals surface area (Å²) in [5, 5.41) is 0.756. The molecule has 1 heteroatoms. The van der Waals surface area contributed by atoms with Crippen LogP contribution in [0.5, 0.6) is 0 Å². The van der Waals surface area contributed by atoms with E-state index < -0.39 is 0 Å². The minimum Gasteiger partial charge on any atom is -0.154 e. The van der Waals surface area contributed by atoms with Gasteiger partial charge in [0.2, 0.25) is 0 Å². The summed E-state index contributed by atoms with van der Waals surface area (Å²) >= 11 is 2.02. The lowest BCUT2D eigenvalue weighted by atomic mass is 10.1. The van der Waals surface area contributed by atoms with Gasteiger partial charge in [0.1, 0.15) is 0 Å². The van der Waals surface area contributed by atoms with Crippen LogP contribution in [-0.2, 0) is 0 Å². The first-order chi connectivity index (χ1) is 6.29. The maximum atomic E-state index is 2.36. The van der Waals surface area contributed by atoms with E-state index in [2.05, 4.69) is 32.1 Å². The molecule has 0 fully saturated rings. The van der Waals surface area contributed by atoms with E-state index in [0.717, 1.165) is 5.25 Å². The summed E-state index contributed by atoms with van der Waals surface area (Å²) in [5.74, 6) is 1.19. The molecule has 0 aromatic carbocycles. The number of rotatable bonds is 3. The highest BCUT2D eigenvalue weighted by molar-refractivity contribution is 8.00. The van der Waals surface area contributed by atoms with Crippen molar-refractivity contribution in [2.45, 2.75) is 45.8 Å². The lowest BCUT2D eigenvalue weighted by Gasteiger charge is -2.08. The van der Waals surface area contributed by atoms with E-state index in [0.29, 0.717) is 0 Å². The Balaban J connectivity index is 0.000000671. The van der Waals surface area contributed by atoms with E-state index in [1.807, 2.05) is 25.6 Å². The van der Waals surface area contributed by atoms with Crippen molar-refractivity contribution >= 4 is 11.8 Å². The number of thioether (sulfide) groups is 1. The third kappa shape index (κ3) is 6.94. The fourth-order valence-electron chi connectivity index (χ4n) is 1.04. The normalized spacial score (nSPS) is 15.0. The van der Waals surface area contributed by atoms with Gasteiger partial charge in [0.05, 0.1) is 0 Å². The average Bonchev–Trinajstić information content (AvgIpc) is 2.19. The first-order valence-electron chi connectivity index (χ1n) is 5.26. The van der Waals surface area contributed by atoms with E-state index in [4.69, 9.17) is 0 Å². The topological polar surface area (TPSA) is 0 Å². The van der Waals surface area contributed by atoms with E-state index in [1.54, 1.807) is 0 Å². The SMILES string of the molecule is CC.CC(C)SCC1=CCCC=C1. The Kier molecular flexibility index (Phi) is 8.32. The Hall–Kier alpha value is -0.170. The summed E-state index contributed by atoms with van der Waals surface area (Å²) < 4.78 is 0. The predicted molar refractivity (Wildman–Crippen MR) is 65.4 cm³/mol. The molecule has 0 spiro atoms. The molecule has 1 aliphatic rings. The molecule has 0 saturated carbocycles. The van der Waals surface area contributed by atoms with E-state index in [-0.39, 0.29) is 0 Å². The van der Waals surface area contributed by atoms with Crippen LogP contribution >= 0.6 is 11.8 Å². The molecule has 13 heavy (non-hydrogen) atoms. The molecule has 0 saturated heterocycles. The second kappa shape index (κ2) is 8.43. The third-order valence-electron chi connectivity index (χ3n) is 1.66. The van der Waals surface area contributed by atoms with E-state index >= 15 is 0 Å². The van der Waals surface area contributed by atoms with Crippen molar-refractivity contribution in [3.05, 3.63) is 23.8 Å². The van der Waals surface area contributed by atoms with Crippen LogP contribution in [0.4, 0.5) is 0 Å². The van der Waals surface area contributed by atoms with Crippen molar-refractivity contribution in [2.24, 2.45) is 0 Å². The second-order valence-electron chi connectivity index (χ2n) is 3.12. The predicted octanol–water partition coefficient (Wildman–Crippen LogP) is 4.43. The quantitative estimate of drug-likeness (QED) is 0.646. The van der Waals surface area contributed by atoms with Gasteiger partial charge in [-0.25, -0.2) is 0 Å². The van der Waals surface area contributed by atoms with Gasteiger partial charge < -0.3 is 0 Å². The molecule has 0 aliphatic heterocycles. The first-order valence-corrected chi connectivity index (χ1v) is 6.31. The Morgan fingerprint density at radius 1 is 1.31 bits per heavy atom. The third-order valence-corrected chi connectivity index (χ3v) is 2.82. The Bertz CT molecular complexity index is 166. The summed E-state index contributed by atoms with van der Waals surface area (Å²) in [4.78, 5) is 0. The Labute approximate surface area is 87.5 Å². The van der Waals surface area contributed by atoms with Gasteiger partial charge in [-0.15, -0.1) is 0 Å². The molecule has 0 bridgehead atoms. The molecule has 76 valence electrons. The second-order valence-corrected chi connectivity index (χ2v) is 4.68. The molecule has 1 aliphatic carbocycles. The highest BCUT2D eigenvalue weighted by Gasteiger charge is 1.99. The van der Waals surface area contributed by atoms with Crippen LogP contribution in [0.2, 0.25) is 0 Å². The van der Waals surface area contributed by atoms with Crippen LogP contribution in [0.15, 0.2) is 23.8 Å². The van der Waals surface area contributed by atoms with Crippen LogP contribution in [0, 0.1) is 0 Å².